The normalized spacial score (nSPS) is 15.3. The quantitative estimate of drug-likeness (QED) is 0.832. The van der Waals surface area contributed by atoms with Gasteiger partial charge in [0.25, 0.3) is 0 Å². The third kappa shape index (κ3) is 4.10. The predicted molar refractivity (Wildman–Crippen MR) is 90.3 cm³/mol. The van der Waals surface area contributed by atoms with E-state index in [0.29, 0.717) is 19.5 Å². The molecule has 1 aromatic rings. The zero-order valence-corrected chi connectivity index (χ0v) is 14.3. The second-order valence-electron chi connectivity index (χ2n) is 7.18. The van der Waals surface area contributed by atoms with Crippen LogP contribution in [0.25, 0.3) is 0 Å². The first-order chi connectivity index (χ1) is 10.7. The van der Waals surface area contributed by atoms with Gasteiger partial charge in [0.1, 0.15) is 0 Å². The molecule has 2 rings (SSSR count). The van der Waals surface area contributed by atoms with E-state index in [-0.39, 0.29) is 5.41 Å². The number of carbonyl (C=O) groups excluding carboxylic acids is 2. The Morgan fingerprint density at radius 1 is 1.39 bits per heavy atom. The molecule has 0 radical (unpaired) electrons. The van der Waals surface area contributed by atoms with Crippen molar-refractivity contribution in [1.82, 2.24) is 5.32 Å². The zero-order valence-electron chi connectivity index (χ0n) is 14.3. The number of hydrogen-bond donors (Lipinski definition) is 2. The third-order valence-electron chi connectivity index (χ3n) is 4.28. The minimum atomic E-state index is -0.585. The van der Waals surface area contributed by atoms with Crippen molar-refractivity contribution in [3.8, 4) is 0 Å². The fourth-order valence-electron chi connectivity index (χ4n) is 3.21. The van der Waals surface area contributed by atoms with E-state index in [4.69, 9.17) is 0 Å². The predicted octanol–water partition coefficient (Wildman–Crippen LogP) is 1.80. The van der Waals surface area contributed by atoms with Gasteiger partial charge in [-0.3, -0.25) is 9.59 Å². The summed E-state index contributed by atoms with van der Waals surface area (Å²) in [6, 6.07) is 5.81. The zero-order chi connectivity index (χ0) is 17.2. The second-order valence-corrected chi connectivity index (χ2v) is 7.18. The summed E-state index contributed by atoms with van der Waals surface area (Å²) >= 11 is 0. The molecule has 1 aliphatic heterocycles. The van der Waals surface area contributed by atoms with Crippen molar-refractivity contribution in [2.24, 2.45) is 5.41 Å². The lowest BCUT2D eigenvalue weighted by Gasteiger charge is -2.26. The van der Waals surface area contributed by atoms with Crippen LogP contribution in [0.5, 0.6) is 0 Å². The number of rotatable bonds is 4. The van der Waals surface area contributed by atoms with Crippen molar-refractivity contribution in [3.63, 3.8) is 0 Å². The Morgan fingerprint density at radius 2 is 2.09 bits per heavy atom. The van der Waals surface area contributed by atoms with E-state index in [0.717, 1.165) is 23.2 Å². The van der Waals surface area contributed by atoms with Crippen LogP contribution in [0, 0.1) is 12.3 Å². The maximum Gasteiger partial charge on any atom is 0.316 e. The molecule has 126 valence electrons. The number of aliphatic hydroxyl groups excluding tert-OH is 1. The summed E-state index contributed by atoms with van der Waals surface area (Å²) in [5, 5.41) is 12.2. The van der Waals surface area contributed by atoms with Crippen molar-refractivity contribution in [2.75, 3.05) is 18.0 Å². The summed E-state index contributed by atoms with van der Waals surface area (Å²) in [6.07, 6.45) is 0.910. The number of aryl methyl sites for hydroxylation is 1. The molecule has 5 nitrogen and oxygen atoms in total. The Kier molecular flexibility index (Phi) is 5.09. The highest BCUT2D eigenvalue weighted by Crippen LogP contribution is 2.30. The summed E-state index contributed by atoms with van der Waals surface area (Å²) < 4.78 is 0. The fraction of sp³-hybridized carbons (Fsp3) is 0.556. The molecule has 1 atom stereocenters. The third-order valence-corrected chi connectivity index (χ3v) is 4.28. The standard InChI is InChI=1S/C18H26N2O3/c1-12-6-5-7-15-14(12)8-9-20(15)17(23)16(22)19-11-18(3,4)10-13(2)21/h5-7,13,21H,8-11H2,1-4H3,(H,19,22). The van der Waals surface area contributed by atoms with Gasteiger partial charge in [0.2, 0.25) is 0 Å². The number of benzene rings is 1. The Bertz CT molecular complexity index is 608. The van der Waals surface area contributed by atoms with Gasteiger partial charge in [0, 0.05) is 18.8 Å². The van der Waals surface area contributed by atoms with Gasteiger partial charge in [0.15, 0.2) is 0 Å². The molecule has 0 spiro atoms. The van der Waals surface area contributed by atoms with Gasteiger partial charge in [-0.05, 0) is 49.3 Å². The Morgan fingerprint density at radius 3 is 2.74 bits per heavy atom. The smallest absolute Gasteiger partial charge is 0.316 e. The van der Waals surface area contributed by atoms with Gasteiger partial charge < -0.3 is 15.3 Å². The molecule has 1 aromatic carbocycles. The highest BCUT2D eigenvalue weighted by Gasteiger charge is 2.30. The van der Waals surface area contributed by atoms with Crippen molar-refractivity contribution < 1.29 is 14.7 Å². The van der Waals surface area contributed by atoms with Crippen molar-refractivity contribution in [2.45, 2.75) is 46.6 Å². The van der Waals surface area contributed by atoms with Gasteiger partial charge >= 0.3 is 11.8 Å². The number of aliphatic hydroxyl groups is 1. The molecule has 0 aliphatic carbocycles. The molecule has 0 fully saturated rings. The molecule has 0 aromatic heterocycles. The van der Waals surface area contributed by atoms with E-state index in [1.165, 1.54) is 0 Å². The summed E-state index contributed by atoms with van der Waals surface area (Å²) in [5.74, 6) is -1.10. The Hall–Kier alpha value is -1.88. The summed E-state index contributed by atoms with van der Waals surface area (Å²) in [4.78, 5) is 26.2. The Labute approximate surface area is 137 Å². The SMILES string of the molecule is Cc1cccc2c1CCN2C(=O)C(=O)NCC(C)(C)CC(C)O. The van der Waals surface area contributed by atoms with Crippen LogP contribution in [0.15, 0.2) is 18.2 Å². The van der Waals surface area contributed by atoms with Gasteiger partial charge in [-0.1, -0.05) is 26.0 Å². The van der Waals surface area contributed by atoms with E-state index >= 15 is 0 Å². The average Bonchev–Trinajstić information content (AvgIpc) is 2.88. The van der Waals surface area contributed by atoms with Crippen LogP contribution in [0.2, 0.25) is 0 Å². The molecule has 0 saturated carbocycles. The molecule has 0 bridgehead atoms. The molecule has 2 amide bonds. The minimum absolute atomic E-state index is 0.260. The largest absolute Gasteiger partial charge is 0.393 e. The van der Waals surface area contributed by atoms with E-state index in [2.05, 4.69) is 5.32 Å². The van der Waals surface area contributed by atoms with Crippen molar-refractivity contribution in [3.05, 3.63) is 29.3 Å². The molecule has 1 aliphatic rings. The monoisotopic (exact) mass is 318 g/mol. The minimum Gasteiger partial charge on any atom is -0.393 e. The highest BCUT2D eigenvalue weighted by atomic mass is 16.3. The number of amides is 2. The fourth-order valence-corrected chi connectivity index (χ4v) is 3.21. The lowest BCUT2D eigenvalue weighted by atomic mass is 9.87. The lowest BCUT2D eigenvalue weighted by Crippen LogP contribution is -2.45. The van der Waals surface area contributed by atoms with E-state index in [1.807, 2.05) is 39.0 Å². The average molecular weight is 318 g/mol. The molecule has 5 heteroatoms. The summed E-state index contributed by atoms with van der Waals surface area (Å²) in [7, 11) is 0. The number of hydrogen-bond acceptors (Lipinski definition) is 3. The van der Waals surface area contributed by atoms with Crippen molar-refractivity contribution in [1.29, 1.82) is 0 Å². The van der Waals surface area contributed by atoms with Crippen LogP contribution in [0.3, 0.4) is 0 Å². The molecule has 1 unspecified atom stereocenters. The number of nitrogens with zero attached hydrogens (tertiary/aromatic N) is 1. The van der Waals surface area contributed by atoms with Gasteiger partial charge in [-0.25, -0.2) is 0 Å². The number of anilines is 1. The number of carbonyl (C=O) groups is 2. The first kappa shape index (κ1) is 17.5. The maximum atomic E-state index is 12.4. The molecular formula is C18H26N2O3. The van der Waals surface area contributed by atoms with Gasteiger partial charge in [-0.15, -0.1) is 0 Å². The molecule has 1 heterocycles. The first-order valence-electron chi connectivity index (χ1n) is 8.07. The molecule has 0 saturated heterocycles. The van der Waals surface area contributed by atoms with Crippen LogP contribution >= 0.6 is 0 Å². The molecule has 2 N–H and O–H groups in total. The van der Waals surface area contributed by atoms with Crippen molar-refractivity contribution >= 4 is 17.5 Å². The van der Waals surface area contributed by atoms with Gasteiger partial charge in [-0.2, -0.15) is 0 Å². The van der Waals surface area contributed by atoms with Crippen LogP contribution in [0.4, 0.5) is 5.69 Å². The van der Waals surface area contributed by atoms with Crippen LogP contribution in [-0.2, 0) is 16.0 Å². The van der Waals surface area contributed by atoms with Crippen LogP contribution in [0.1, 0.15) is 38.3 Å². The van der Waals surface area contributed by atoms with Crippen LogP contribution < -0.4 is 10.2 Å². The van der Waals surface area contributed by atoms with E-state index in [9.17, 15) is 14.7 Å². The highest BCUT2D eigenvalue weighted by molar-refractivity contribution is 6.40. The van der Waals surface area contributed by atoms with E-state index < -0.39 is 17.9 Å². The molecule has 23 heavy (non-hydrogen) atoms. The first-order valence-corrected chi connectivity index (χ1v) is 8.07. The Balaban J connectivity index is 2.00. The summed E-state index contributed by atoms with van der Waals surface area (Å²) in [5.41, 5.74) is 2.87. The van der Waals surface area contributed by atoms with Gasteiger partial charge in [0.05, 0.1) is 6.10 Å². The summed E-state index contributed by atoms with van der Waals surface area (Å²) in [6.45, 7) is 8.56. The topological polar surface area (TPSA) is 69.6 Å². The van der Waals surface area contributed by atoms with Crippen LogP contribution in [-0.4, -0.2) is 36.1 Å². The molecular weight excluding hydrogens is 292 g/mol. The number of nitrogens with one attached hydrogen (secondary N) is 1. The number of fused-ring (bicyclic) bond motifs is 1. The second kappa shape index (κ2) is 6.71. The lowest BCUT2D eigenvalue weighted by molar-refractivity contribution is -0.137. The maximum absolute atomic E-state index is 12.4. The van der Waals surface area contributed by atoms with E-state index in [1.54, 1.807) is 11.8 Å².